The molecular weight excluding hydrogens is 326 g/mol. The first-order valence-electron chi connectivity index (χ1n) is 6.64. The summed E-state index contributed by atoms with van der Waals surface area (Å²) in [5, 5.41) is 4.05. The molecule has 7 nitrogen and oxygen atoms in total. The summed E-state index contributed by atoms with van der Waals surface area (Å²) < 4.78 is 26.6. The summed E-state index contributed by atoms with van der Waals surface area (Å²) in [5.41, 5.74) is 1.34. The molecule has 0 fully saturated rings. The van der Waals surface area contributed by atoms with Gasteiger partial charge in [-0.25, -0.2) is 12.7 Å². The molecule has 0 bridgehead atoms. The van der Waals surface area contributed by atoms with E-state index in [-0.39, 0.29) is 16.6 Å². The molecule has 0 N–H and O–H groups in total. The van der Waals surface area contributed by atoms with Crippen molar-refractivity contribution in [1.29, 1.82) is 0 Å². The monoisotopic (exact) mass is 347 g/mol. The van der Waals surface area contributed by atoms with Crippen molar-refractivity contribution >= 4 is 38.5 Å². The minimum Gasteiger partial charge on any atom is -0.288 e. The fraction of sp³-hybridized carbons (Fsp3) is 0.615. The summed E-state index contributed by atoms with van der Waals surface area (Å²) >= 11 is 1.00. The van der Waals surface area contributed by atoms with E-state index in [1.54, 1.807) is 27.8 Å². The van der Waals surface area contributed by atoms with Gasteiger partial charge in [-0.15, -0.1) is 0 Å². The molecule has 1 heterocycles. The van der Waals surface area contributed by atoms with Gasteiger partial charge in [-0.2, -0.15) is 5.10 Å². The van der Waals surface area contributed by atoms with Crippen LogP contribution in [-0.4, -0.2) is 41.2 Å². The van der Waals surface area contributed by atoms with E-state index in [1.165, 1.54) is 11.6 Å². The lowest BCUT2D eigenvalue weighted by Crippen LogP contribution is -2.41. The lowest BCUT2D eigenvalue weighted by Gasteiger charge is -2.23. The second-order valence-corrected chi connectivity index (χ2v) is 8.24. The van der Waals surface area contributed by atoms with Gasteiger partial charge in [0.15, 0.2) is 5.12 Å². The molecule has 124 valence electrons. The highest BCUT2D eigenvalue weighted by atomic mass is 32.2. The van der Waals surface area contributed by atoms with Crippen molar-refractivity contribution in [3.05, 3.63) is 11.4 Å². The van der Waals surface area contributed by atoms with Crippen LogP contribution in [0.25, 0.3) is 0 Å². The number of carbonyl (C=O) groups excluding carboxylic acids is 2. The maximum absolute atomic E-state index is 12.6. The van der Waals surface area contributed by atoms with Crippen LogP contribution in [0, 0.1) is 19.8 Å². The highest BCUT2D eigenvalue weighted by Gasteiger charge is 2.33. The standard InChI is InChI=1S/C13H21N3O4S2/c1-8(7-21-11(4)17)13(18)16(22(6,19)20)12-9(2)14-15(5)10(12)3/h8H,7H2,1-6H3/t8-/m1/s1. The molecule has 0 aliphatic rings. The summed E-state index contributed by atoms with van der Waals surface area (Å²) in [6.07, 6.45) is 0.988. The van der Waals surface area contributed by atoms with Gasteiger partial charge in [-0.1, -0.05) is 18.7 Å². The largest absolute Gasteiger partial charge is 0.288 e. The summed E-state index contributed by atoms with van der Waals surface area (Å²) in [6.45, 7) is 6.38. The van der Waals surface area contributed by atoms with E-state index < -0.39 is 21.8 Å². The van der Waals surface area contributed by atoms with E-state index >= 15 is 0 Å². The van der Waals surface area contributed by atoms with E-state index in [0.717, 1.165) is 22.3 Å². The molecule has 1 aromatic heterocycles. The highest BCUT2D eigenvalue weighted by Crippen LogP contribution is 2.28. The van der Waals surface area contributed by atoms with Crippen LogP contribution >= 0.6 is 11.8 Å². The summed E-state index contributed by atoms with van der Waals surface area (Å²) in [5.74, 6) is -0.934. The number of nitrogens with zero attached hydrogens (tertiary/aromatic N) is 3. The lowest BCUT2D eigenvalue weighted by molar-refractivity contribution is -0.120. The maximum atomic E-state index is 12.6. The van der Waals surface area contributed by atoms with Gasteiger partial charge >= 0.3 is 0 Å². The van der Waals surface area contributed by atoms with Gasteiger partial charge in [0.1, 0.15) is 5.69 Å². The lowest BCUT2D eigenvalue weighted by atomic mass is 10.2. The van der Waals surface area contributed by atoms with Crippen LogP contribution in [-0.2, 0) is 26.7 Å². The molecule has 0 aliphatic heterocycles. The number of anilines is 1. The molecule has 0 radical (unpaired) electrons. The summed E-state index contributed by atoms with van der Waals surface area (Å²) in [7, 11) is -2.11. The zero-order valence-electron chi connectivity index (χ0n) is 13.6. The number of thioether (sulfide) groups is 1. The molecule has 0 unspecified atom stereocenters. The Hall–Kier alpha value is -1.35. The molecule has 1 rings (SSSR count). The van der Waals surface area contributed by atoms with E-state index in [4.69, 9.17) is 0 Å². The molecule has 1 aromatic rings. The van der Waals surface area contributed by atoms with Crippen LogP contribution < -0.4 is 4.31 Å². The topological polar surface area (TPSA) is 89.3 Å². The number of sulfonamides is 1. The average molecular weight is 347 g/mol. The van der Waals surface area contributed by atoms with Crippen molar-refractivity contribution in [2.24, 2.45) is 13.0 Å². The van der Waals surface area contributed by atoms with Gasteiger partial charge in [0.05, 0.1) is 17.6 Å². The number of hydrogen-bond donors (Lipinski definition) is 0. The summed E-state index contributed by atoms with van der Waals surface area (Å²) in [6, 6.07) is 0. The van der Waals surface area contributed by atoms with Crippen LogP contribution in [0.1, 0.15) is 25.2 Å². The molecule has 1 atom stereocenters. The van der Waals surface area contributed by atoms with E-state index in [0.29, 0.717) is 11.4 Å². The molecule has 0 saturated heterocycles. The van der Waals surface area contributed by atoms with Crippen LogP contribution in [0.2, 0.25) is 0 Å². The molecule has 0 aromatic carbocycles. The van der Waals surface area contributed by atoms with Crippen molar-refractivity contribution in [3.8, 4) is 0 Å². The smallest absolute Gasteiger partial charge is 0.244 e. The van der Waals surface area contributed by atoms with Crippen molar-refractivity contribution in [3.63, 3.8) is 0 Å². The second-order valence-electron chi connectivity index (χ2n) is 5.21. The zero-order valence-corrected chi connectivity index (χ0v) is 15.2. The Kier molecular flexibility index (Phi) is 5.80. The number of rotatable bonds is 5. The molecule has 0 spiro atoms. The van der Waals surface area contributed by atoms with Crippen molar-refractivity contribution in [1.82, 2.24) is 9.78 Å². The highest BCUT2D eigenvalue weighted by molar-refractivity contribution is 8.13. The predicted molar refractivity (Wildman–Crippen MR) is 87.3 cm³/mol. The molecule has 0 aliphatic carbocycles. The van der Waals surface area contributed by atoms with Gasteiger partial charge in [0.25, 0.3) is 0 Å². The quantitative estimate of drug-likeness (QED) is 0.796. The number of amides is 1. The normalized spacial score (nSPS) is 13.0. The number of aryl methyl sites for hydroxylation is 2. The van der Waals surface area contributed by atoms with Crippen LogP contribution in [0.15, 0.2) is 0 Å². The third-order valence-corrected chi connectivity index (χ3v) is 5.26. The minimum atomic E-state index is -3.80. The Balaban J connectivity index is 3.26. The maximum Gasteiger partial charge on any atom is 0.244 e. The van der Waals surface area contributed by atoms with Crippen LogP contribution in [0.5, 0.6) is 0 Å². The van der Waals surface area contributed by atoms with Crippen LogP contribution in [0.3, 0.4) is 0 Å². The van der Waals surface area contributed by atoms with E-state index in [1.807, 2.05) is 0 Å². The predicted octanol–water partition coefficient (Wildman–Crippen LogP) is 1.25. The first-order chi connectivity index (χ1) is 9.96. The minimum absolute atomic E-state index is 0.112. The Bertz CT molecular complexity index is 694. The average Bonchev–Trinajstić information content (AvgIpc) is 2.61. The Morgan fingerprint density at radius 2 is 1.91 bits per heavy atom. The van der Waals surface area contributed by atoms with Gasteiger partial charge in [0.2, 0.25) is 15.9 Å². The van der Waals surface area contributed by atoms with E-state index in [2.05, 4.69) is 5.10 Å². The number of carbonyl (C=O) groups is 2. The zero-order chi connectivity index (χ0) is 17.2. The molecule has 9 heteroatoms. The van der Waals surface area contributed by atoms with Gasteiger partial charge in [0, 0.05) is 25.6 Å². The summed E-state index contributed by atoms with van der Waals surface area (Å²) in [4.78, 5) is 23.6. The Morgan fingerprint density at radius 3 is 2.27 bits per heavy atom. The molecule has 0 saturated carbocycles. The number of hydrogen-bond acceptors (Lipinski definition) is 6. The van der Waals surface area contributed by atoms with Gasteiger partial charge < -0.3 is 0 Å². The Labute approximate surface area is 135 Å². The fourth-order valence-corrected chi connectivity index (χ4v) is 3.74. The van der Waals surface area contributed by atoms with Crippen LogP contribution in [0.4, 0.5) is 5.69 Å². The van der Waals surface area contributed by atoms with Crippen molar-refractivity contribution in [2.45, 2.75) is 27.7 Å². The first-order valence-corrected chi connectivity index (χ1v) is 9.48. The van der Waals surface area contributed by atoms with Crippen molar-refractivity contribution in [2.75, 3.05) is 16.3 Å². The first kappa shape index (κ1) is 18.7. The Morgan fingerprint density at radius 1 is 1.36 bits per heavy atom. The van der Waals surface area contributed by atoms with Gasteiger partial charge in [-0.3, -0.25) is 14.3 Å². The molecular formula is C13H21N3O4S2. The van der Waals surface area contributed by atoms with Gasteiger partial charge in [-0.05, 0) is 13.8 Å². The second kappa shape index (κ2) is 6.82. The third-order valence-electron chi connectivity index (χ3n) is 3.16. The SMILES string of the molecule is CC(=O)SC[C@@H](C)C(=O)N(c1c(C)nn(C)c1C)S(C)(=O)=O. The molecule has 22 heavy (non-hydrogen) atoms. The fourth-order valence-electron chi connectivity index (χ4n) is 2.01. The molecule has 1 amide bonds. The number of aromatic nitrogens is 2. The third kappa shape index (κ3) is 4.10. The van der Waals surface area contributed by atoms with E-state index in [9.17, 15) is 18.0 Å². The van der Waals surface area contributed by atoms with Crippen molar-refractivity contribution < 1.29 is 18.0 Å².